The molecule has 2 rings (SSSR count). The van der Waals surface area contributed by atoms with Gasteiger partial charge in [0.15, 0.2) is 0 Å². The number of benzene rings is 2. The summed E-state index contributed by atoms with van der Waals surface area (Å²) in [5.41, 5.74) is 7.17. The third-order valence-electron chi connectivity index (χ3n) is 2.47. The van der Waals surface area contributed by atoms with Gasteiger partial charge in [-0.1, -0.05) is 42.1 Å². The monoisotopic (exact) mass is 307 g/mol. The first-order chi connectivity index (χ1) is 8.18. The molecule has 0 saturated heterocycles. The van der Waals surface area contributed by atoms with Crippen LogP contribution in [0.3, 0.4) is 0 Å². The summed E-state index contributed by atoms with van der Waals surface area (Å²) in [5, 5.41) is 0. The Labute approximate surface area is 115 Å². The highest BCUT2D eigenvalue weighted by Gasteiger charge is 2.08. The molecular formula is C14H14BrNS. The van der Waals surface area contributed by atoms with Crippen LogP contribution in [0.4, 0.5) is 0 Å². The molecule has 0 spiro atoms. The Kier molecular flexibility index (Phi) is 4.26. The van der Waals surface area contributed by atoms with E-state index in [1.54, 1.807) is 11.8 Å². The normalized spacial score (nSPS) is 12.4. The van der Waals surface area contributed by atoms with E-state index in [2.05, 4.69) is 40.2 Å². The molecule has 0 aromatic heterocycles. The molecule has 2 aromatic rings. The first-order valence-corrected chi connectivity index (χ1v) is 7.06. The smallest absolute Gasteiger partial charge is 0.0314 e. The second-order valence-corrected chi connectivity index (χ2v) is 5.80. The molecule has 0 fully saturated rings. The van der Waals surface area contributed by atoms with Gasteiger partial charge in [0.1, 0.15) is 0 Å². The Morgan fingerprint density at radius 3 is 2.24 bits per heavy atom. The maximum Gasteiger partial charge on any atom is 0.0314 e. The molecule has 0 radical (unpaired) electrons. The third-order valence-corrected chi connectivity index (χ3v) is 4.59. The van der Waals surface area contributed by atoms with Crippen molar-refractivity contribution in [1.29, 1.82) is 0 Å². The molecule has 0 bridgehead atoms. The first kappa shape index (κ1) is 12.7. The fourth-order valence-electron chi connectivity index (χ4n) is 1.60. The molecule has 1 unspecified atom stereocenters. The lowest BCUT2D eigenvalue weighted by atomic mass is 10.1. The van der Waals surface area contributed by atoms with Gasteiger partial charge in [-0.05, 0) is 46.6 Å². The minimum Gasteiger partial charge on any atom is -0.324 e. The molecule has 1 atom stereocenters. The minimum atomic E-state index is 0.0567. The Morgan fingerprint density at radius 1 is 1.00 bits per heavy atom. The van der Waals surface area contributed by atoms with Gasteiger partial charge in [0.25, 0.3) is 0 Å². The molecule has 2 aromatic carbocycles. The van der Waals surface area contributed by atoms with Crippen LogP contribution in [0.1, 0.15) is 18.5 Å². The standard InChI is InChI=1S/C14H14BrNS/c1-10(16)11-6-2-4-8-13(11)17-14-9-5-3-7-12(14)15/h2-10H,16H2,1H3. The van der Waals surface area contributed by atoms with E-state index in [1.165, 1.54) is 15.4 Å². The molecule has 0 aliphatic carbocycles. The molecule has 17 heavy (non-hydrogen) atoms. The molecule has 0 aliphatic rings. The van der Waals surface area contributed by atoms with E-state index in [1.807, 2.05) is 31.2 Å². The van der Waals surface area contributed by atoms with Crippen LogP contribution >= 0.6 is 27.7 Å². The largest absolute Gasteiger partial charge is 0.324 e. The van der Waals surface area contributed by atoms with Crippen molar-refractivity contribution >= 4 is 27.7 Å². The number of halogens is 1. The van der Waals surface area contributed by atoms with E-state index in [4.69, 9.17) is 5.73 Å². The van der Waals surface area contributed by atoms with Crippen molar-refractivity contribution < 1.29 is 0 Å². The molecule has 3 heteroatoms. The molecule has 88 valence electrons. The van der Waals surface area contributed by atoms with Crippen molar-refractivity contribution in [3.8, 4) is 0 Å². The highest BCUT2D eigenvalue weighted by atomic mass is 79.9. The van der Waals surface area contributed by atoms with Crippen molar-refractivity contribution in [2.24, 2.45) is 5.73 Å². The van der Waals surface area contributed by atoms with E-state index < -0.39 is 0 Å². The van der Waals surface area contributed by atoms with Gasteiger partial charge >= 0.3 is 0 Å². The molecule has 0 heterocycles. The van der Waals surface area contributed by atoms with Crippen LogP contribution in [-0.4, -0.2) is 0 Å². The highest BCUT2D eigenvalue weighted by molar-refractivity contribution is 9.10. The van der Waals surface area contributed by atoms with Crippen molar-refractivity contribution in [1.82, 2.24) is 0 Å². The Hall–Kier alpha value is -0.770. The number of rotatable bonds is 3. The summed E-state index contributed by atoms with van der Waals surface area (Å²) in [6.07, 6.45) is 0. The van der Waals surface area contributed by atoms with Crippen LogP contribution in [0, 0.1) is 0 Å². The maximum atomic E-state index is 5.98. The summed E-state index contributed by atoms with van der Waals surface area (Å²) in [6.45, 7) is 2.01. The van der Waals surface area contributed by atoms with Crippen LogP contribution in [0.25, 0.3) is 0 Å². The van der Waals surface area contributed by atoms with E-state index in [9.17, 15) is 0 Å². The summed E-state index contributed by atoms with van der Waals surface area (Å²) >= 11 is 5.31. The zero-order chi connectivity index (χ0) is 12.3. The van der Waals surface area contributed by atoms with Crippen molar-refractivity contribution in [3.63, 3.8) is 0 Å². The Morgan fingerprint density at radius 2 is 1.59 bits per heavy atom. The van der Waals surface area contributed by atoms with Gasteiger partial charge in [0.2, 0.25) is 0 Å². The van der Waals surface area contributed by atoms with Gasteiger partial charge in [-0.25, -0.2) is 0 Å². The molecule has 1 nitrogen and oxygen atoms in total. The topological polar surface area (TPSA) is 26.0 Å². The van der Waals surface area contributed by atoms with Gasteiger partial charge in [-0.2, -0.15) is 0 Å². The van der Waals surface area contributed by atoms with Crippen LogP contribution in [0.2, 0.25) is 0 Å². The Bertz CT molecular complexity index is 511. The molecule has 0 saturated carbocycles. The van der Waals surface area contributed by atoms with Gasteiger partial charge in [0, 0.05) is 20.3 Å². The lowest BCUT2D eigenvalue weighted by Gasteiger charge is -2.12. The summed E-state index contributed by atoms with van der Waals surface area (Å²) in [4.78, 5) is 2.43. The van der Waals surface area contributed by atoms with Crippen LogP contribution in [0.5, 0.6) is 0 Å². The molecule has 2 N–H and O–H groups in total. The number of nitrogens with two attached hydrogens (primary N) is 1. The quantitative estimate of drug-likeness (QED) is 0.895. The van der Waals surface area contributed by atoms with Gasteiger partial charge in [-0.3, -0.25) is 0 Å². The summed E-state index contributed by atoms with van der Waals surface area (Å²) in [7, 11) is 0. The SMILES string of the molecule is CC(N)c1ccccc1Sc1ccccc1Br. The van der Waals surface area contributed by atoms with Crippen molar-refractivity contribution in [2.45, 2.75) is 22.8 Å². The number of hydrogen-bond donors (Lipinski definition) is 1. The fraction of sp³-hybridized carbons (Fsp3) is 0.143. The van der Waals surface area contributed by atoms with Crippen LogP contribution in [0.15, 0.2) is 62.8 Å². The average Bonchev–Trinajstić information content (AvgIpc) is 2.32. The van der Waals surface area contributed by atoms with Crippen molar-refractivity contribution in [3.05, 3.63) is 58.6 Å². The van der Waals surface area contributed by atoms with E-state index >= 15 is 0 Å². The van der Waals surface area contributed by atoms with Crippen molar-refractivity contribution in [2.75, 3.05) is 0 Å². The lowest BCUT2D eigenvalue weighted by molar-refractivity contribution is 0.797. The minimum absolute atomic E-state index is 0.0567. The summed E-state index contributed by atoms with van der Waals surface area (Å²) in [5.74, 6) is 0. The van der Waals surface area contributed by atoms with E-state index in [-0.39, 0.29) is 6.04 Å². The second-order valence-electron chi connectivity index (χ2n) is 3.86. The van der Waals surface area contributed by atoms with Crippen LogP contribution < -0.4 is 5.73 Å². The maximum absolute atomic E-state index is 5.98. The van der Waals surface area contributed by atoms with Gasteiger partial charge in [-0.15, -0.1) is 0 Å². The van der Waals surface area contributed by atoms with Gasteiger partial charge < -0.3 is 5.73 Å². The first-order valence-electron chi connectivity index (χ1n) is 5.45. The average molecular weight is 308 g/mol. The van der Waals surface area contributed by atoms with Crippen LogP contribution in [-0.2, 0) is 0 Å². The fourth-order valence-corrected chi connectivity index (χ4v) is 3.19. The third kappa shape index (κ3) is 3.12. The lowest BCUT2D eigenvalue weighted by Crippen LogP contribution is -2.05. The summed E-state index contributed by atoms with van der Waals surface area (Å²) < 4.78 is 1.12. The predicted octanol–water partition coefficient (Wildman–Crippen LogP) is 4.62. The van der Waals surface area contributed by atoms with E-state index in [0.717, 1.165) is 4.47 Å². The molecular weight excluding hydrogens is 294 g/mol. The predicted molar refractivity (Wildman–Crippen MR) is 77.3 cm³/mol. The summed E-state index contributed by atoms with van der Waals surface area (Å²) in [6, 6.07) is 16.6. The number of hydrogen-bond acceptors (Lipinski definition) is 2. The zero-order valence-electron chi connectivity index (χ0n) is 9.56. The highest BCUT2D eigenvalue weighted by Crippen LogP contribution is 2.36. The zero-order valence-corrected chi connectivity index (χ0v) is 12.0. The molecule has 0 amide bonds. The molecule has 0 aliphatic heterocycles. The van der Waals surface area contributed by atoms with Gasteiger partial charge in [0.05, 0.1) is 0 Å². The Balaban J connectivity index is 2.34. The van der Waals surface area contributed by atoms with E-state index in [0.29, 0.717) is 0 Å². The second kappa shape index (κ2) is 5.71.